The Balaban J connectivity index is 2.51. The summed E-state index contributed by atoms with van der Waals surface area (Å²) in [6, 6.07) is 7.91. The highest BCUT2D eigenvalue weighted by Gasteiger charge is 2.10. The first kappa shape index (κ1) is 12.5. The van der Waals surface area contributed by atoms with E-state index in [-0.39, 0.29) is 12.1 Å². The molecule has 0 radical (unpaired) electrons. The van der Waals surface area contributed by atoms with Crippen molar-refractivity contribution < 1.29 is 4.74 Å². The van der Waals surface area contributed by atoms with Gasteiger partial charge in [-0.05, 0) is 31.4 Å². The van der Waals surface area contributed by atoms with Gasteiger partial charge in [-0.15, -0.1) is 0 Å². The molecule has 1 aromatic rings. The van der Waals surface area contributed by atoms with E-state index in [1.165, 1.54) is 0 Å². The Labute approximate surface area is 96.4 Å². The minimum absolute atomic E-state index is 0.0971. The molecule has 2 unspecified atom stereocenters. The summed E-state index contributed by atoms with van der Waals surface area (Å²) >= 11 is 6.05. The summed E-state index contributed by atoms with van der Waals surface area (Å²) in [5, 5.41) is 0.790. The lowest BCUT2D eigenvalue weighted by Crippen LogP contribution is -2.28. The lowest BCUT2D eigenvalue weighted by atomic mass is 10.0. The van der Waals surface area contributed by atoms with Gasteiger partial charge in [-0.3, -0.25) is 0 Å². The topological polar surface area (TPSA) is 35.2 Å². The van der Waals surface area contributed by atoms with Gasteiger partial charge in [0.2, 0.25) is 0 Å². The molecule has 0 saturated carbocycles. The second-order valence-electron chi connectivity index (χ2n) is 3.84. The van der Waals surface area contributed by atoms with Crippen LogP contribution in [0.2, 0.25) is 5.02 Å². The molecular weight excluding hydrogens is 210 g/mol. The van der Waals surface area contributed by atoms with Crippen LogP contribution in [0.4, 0.5) is 0 Å². The third-order valence-corrected chi connectivity index (χ3v) is 2.85. The molecule has 0 aliphatic carbocycles. The van der Waals surface area contributed by atoms with Crippen molar-refractivity contribution >= 4 is 11.6 Å². The predicted molar refractivity (Wildman–Crippen MR) is 64.2 cm³/mol. The molecule has 0 bridgehead atoms. The fourth-order valence-electron chi connectivity index (χ4n) is 1.55. The molecule has 0 aliphatic rings. The maximum atomic E-state index is 6.05. The summed E-state index contributed by atoms with van der Waals surface area (Å²) in [4.78, 5) is 0. The smallest absolute Gasteiger partial charge is 0.0558 e. The molecule has 2 N–H and O–H groups in total. The van der Waals surface area contributed by atoms with Gasteiger partial charge < -0.3 is 10.5 Å². The first-order chi connectivity index (χ1) is 7.13. The van der Waals surface area contributed by atoms with Crippen molar-refractivity contribution in [2.75, 3.05) is 7.11 Å². The van der Waals surface area contributed by atoms with Gasteiger partial charge in [-0.1, -0.05) is 29.8 Å². The van der Waals surface area contributed by atoms with E-state index in [1.807, 2.05) is 31.2 Å². The highest BCUT2D eigenvalue weighted by Crippen LogP contribution is 2.17. The van der Waals surface area contributed by atoms with E-state index in [0.29, 0.717) is 0 Å². The molecular formula is C12H18ClNO. The van der Waals surface area contributed by atoms with Crippen LogP contribution in [0.25, 0.3) is 0 Å². The van der Waals surface area contributed by atoms with Crippen LogP contribution in [-0.2, 0) is 11.2 Å². The first-order valence-electron chi connectivity index (χ1n) is 5.15. The highest BCUT2D eigenvalue weighted by atomic mass is 35.5. The summed E-state index contributed by atoms with van der Waals surface area (Å²) in [7, 11) is 1.70. The van der Waals surface area contributed by atoms with Gasteiger partial charge in [-0.25, -0.2) is 0 Å². The monoisotopic (exact) mass is 227 g/mol. The van der Waals surface area contributed by atoms with Crippen molar-refractivity contribution in [2.24, 2.45) is 5.73 Å². The van der Waals surface area contributed by atoms with Crippen LogP contribution in [-0.4, -0.2) is 19.3 Å². The Morgan fingerprint density at radius 1 is 1.40 bits per heavy atom. The number of benzene rings is 1. The average Bonchev–Trinajstić information content (AvgIpc) is 2.21. The van der Waals surface area contributed by atoms with Crippen molar-refractivity contribution in [1.82, 2.24) is 0 Å². The quantitative estimate of drug-likeness (QED) is 0.840. The average molecular weight is 228 g/mol. The fourth-order valence-corrected chi connectivity index (χ4v) is 1.77. The molecule has 84 valence electrons. The Bertz CT molecular complexity index is 303. The van der Waals surface area contributed by atoms with E-state index < -0.39 is 0 Å². The maximum Gasteiger partial charge on any atom is 0.0558 e. The summed E-state index contributed by atoms with van der Waals surface area (Å²) in [5.41, 5.74) is 7.12. The lowest BCUT2D eigenvalue weighted by molar-refractivity contribution is 0.104. The second kappa shape index (κ2) is 6.11. The Kier molecular flexibility index (Phi) is 5.09. The van der Waals surface area contributed by atoms with Crippen LogP contribution in [0.1, 0.15) is 18.9 Å². The van der Waals surface area contributed by atoms with Crippen LogP contribution in [0.5, 0.6) is 0 Å². The third kappa shape index (κ3) is 4.20. The lowest BCUT2D eigenvalue weighted by Gasteiger charge is -2.16. The van der Waals surface area contributed by atoms with Gasteiger partial charge in [0.1, 0.15) is 0 Å². The molecule has 0 saturated heterocycles. The van der Waals surface area contributed by atoms with E-state index in [2.05, 4.69) is 0 Å². The number of hydrogen-bond acceptors (Lipinski definition) is 2. The third-order valence-electron chi connectivity index (χ3n) is 2.48. The minimum atomic E-state index is 0.0971. The van der Waals surface area contributed by atoms with E-state index >= 15 is 0 Å². The zero-order valence-corrected chi connectivity index (χ0v) is 10.00. The maximum absolute atomic E-state index is 6.05. The molecule has 15 heavy (non-hydrogen) atoms. The van der Waals surface area contributed by atoms with Crippen molar-refractivity contribution in [3.63, 3.8) is 0 Å². The standard InChI is InChI=1S/C12H18ClNO/c1-9(15-2)7-11(14)8-10-5-3-4-6-12(10)13/h3-6,9,11H,7-8,14H2,1-2H3. The first-order valence-corrected chi connectivity index (χ1v) is 5.53. The Hall–Kier alpha value is -0.570. The second-order valence-corrected chi connectivity index (χ2v) is 4.24. The van der Waals surface area contributed by atoms with Crippen LogP contribution in [0.15, 0.2) is 24.3 Å². The molecule has 3 heteroatoms. The number of ether oxygens (including phenoxy) is 1. The molecule has 1 aromatic carbocycles. The highest BCUT2D eigenvalue weighted by molar-refractivity contribution is 6.31. The van der Waals surface area contributed by atoms with Crippen LogP contribution >= 0.6 is 11.6 Å². The number of hydrogen-bond donors (Lipinski definition) is 1. The van der Waals surface area contributed by atoms with Crippen molar-refractivity contribution in [2.45, 2.75) is 31.9 Å². The van der Waals surface area contributed by atoms with Crippen molar-refractivity contribution in [3.8, 4) is 0 Å². The Morgan fingerprint density at radius 2 is 2.07 bits per heavy atom. The van der Waals surface area contributed by atoms with Crippen molar-refractivity contribution in [3.05, 3.63) is 34.9 Å². The molecule has 0 fully saturated rings. The van der Waals surface area contributed by atoms with Crippen LogP contribution in [0.3, 0.4) is 0 Å². The molecule has 0 spiro atoms. The van der Waals surface area contributed by atoms with E-state index in [0.717, 1.165) is 23.4 Å². The zero-order chi connectivity index (χ0) is 11.3. The minimum Gasteiger partial charge on any atom is -0.382 e. The SMILES string of the molecule is COC(C)CC(N)Cc1ccccc1Cl. The molecule has 1 rings (SSSR count). The van der Waals surface area contributed by atoms with E-state index in [4.69, 9.17) is 22.1 Å². The van der Waals surface area contributed by atoms with Gasteiger partial charge in [0.15, 0.2) is 0 Å². The summed E-state index contributed by atoms with van der Waals surface area (Å²) in [5.74, 6) is 0. The van der Waals surface area contributed by atoms with Gasteiger partial charge in [-0.2, -0.15) is 0 Å². The number of nitrogens with two attached hydrogens (primary N) is 1. The van der Waals surface area contributed by atoms with Gasteiger partial charge in [0, 0.05) is 18.2 Å². The van der Waals surface area contributed by atoms with Crippen molar-refractivity contribution in [1.29, 1.82) is 0 Å². The van der Waals surface area contributed by atoms with Crippen LogP contribution < -0.4 is 5.73 Å². The molecule has 0 aliphatic heterocycles. The van der Waals surface area contributed by atoms with Crippen LogP contribution in [0, 0.1) is 0 Å². The Morgan fingerprint density at radius 3 is 2.67 bits per heavy atom. The number of methoxy groups -OCH3 is 1. The molecule has 0 amide bonds. The predicted octanol–water partition coefficient (Wildman–Crippen LogP) is 2.63. The molecule has 2 atom stereocenters. The molecule has 0 heterocycles. The number of rotatable bonds is 5. The molecule has 0 aromatic heterocycles. The van der Waals surface area contributed by atoms with Gasteiger partial charge in [0.05, 0.1) is 6.10 Å². The number of halogens is 1. The fraction of sp³-hybridized carbons (Fsp3) is 0.500. The summed E-state index contributed by atoms with van der Waals surface area (Å²) in [6.45, 7) is 2.02. The van der Waals surface area contributed by atoms with E-state index in [9.17, 15) is 0 Å². The zero-order valence-electron chi connectivity index (χ0n) is 9.24. The summed E-state index contributed by atoms with van der Waals surface area (Å²) in [6.07, 6.45) is 1.84. The largest absolute Gasteiger partial charge is 0.382 e. The normalized spacial score (nSPS) is 14.9. The van der Waals surface area contributed by atoms with Gasteiger partial charge in [0.25, 0.3) is 0 Å². The van der Waals surface area contributed by atoms with Gasteiger partial charge >= 0.3 is 0 Å². The molecule has 2 nitrogen and oxygen atoms in total. The summed E-state index contributed by atoms with van der Waals surface area (Å²) < 4.78 is 5.18. The van der Waals surface area contributed by atoms with E-state index in [1.54, 1.807) is 7.11 Å².